The molecule has 1 saturated heterocycles. The van der Waals surface area contributed by atoms with E-state index in [9.17, 15) is 4.79 Å². The zero-order valence-electron chi connectivity index (χ0n) is 12.2. The van der Waals surface area contributed by atoms with Crippen molar-refractivity contribution >= 4 is 5.91 Å². The van der Waals surface area contributed by atoms with Gasteiger partial charge in [-0.05, 0) is 38.1 Å². The smallest absolute Gasteiger partial charge is 0.221 e. The molecule has 2 rings (SSSR count). The minimum Gasteiger partial charge on any atom is -0.356 e. The highest BCUT2D eigenvalue weighted by Crippen LogP contribution is 2.36. The number of fused-ring (bicyclic) bond motifs is 1. The minimum atomic E-state index is 0.142. The van der Waals surface area contributed by atoms with Gasteiger partial charge in [0.2, 0.25) is 5.91 Å². The Balaban J connectivity index is 1.86. The molecule has 0 bridgehead atoms. The van der Waals surface area contributed by atoms with Gasteiger partial charge in [0.15, 0.2) is 0 Å². The van der Waals surface area contributed by atoms with E-state index in [-0.39, 0.29) is 11.9 Å². The van der Waals surface area contributed by atoms with Crippen LogP contribution in [-0.2, 0) is 4.79 Å². The second-order valence-electron chi connectivity index (χ2n) is 6.14. The Labute approximate surface area is 117 Å². The molecule has 19 heavy (non-hydrogen) atoms. The highest BCUT2D eigenvalue weighted by molar-refractivity contribution is 5.76. The highest BCUT2D eigenvalue weighted by Gasteiger charge is 2.33. The van der Waals surface area contributed by atoms with Crippen LogP contribution in [-0.4, -0.2) is 43.0 Å². The lowest BCUT2D eigenvalue weighted by Gasteiger charge is -2.44. The van der Waals surface area contributed by atoms with Crippen LogP contribution in [0.1, 0.15) is 45.4 Å². The van der Waals surface area contributed by atoms with Crippen molar-refractivity contribution in [2.24, 2.45) is 17.6 Å². The Bertz CT molecular complexity index is 295. The molecule has 1 aliphatic heterocycles. The molecular weight excluding hydrogens is 238 g/mol. The molecule has 1 heterocycles. The number of piperidine rings is 1. The van der Waals surface area contributed by atoms with Gasteiger partial charge in [0, 0.05) is 32.1 Å². The van der Waals surface area contributed by atoms with Gasteiger partial charge in [0.25, 0.3) is 0 Å². The van der Waals surface area contributed by atoms with Gasteiger partial charge in [-0.25, -0.2) is 0 Å². The molecule has 4 nitrogen and oxygen atoms in total. The average Bonchev–Trinajstić information content (AvgIpc) is 2.44. The van der Waals surface area contributed by atoms with Crippen molar-refractivity contribution < 1.29 is 4.79 Å². The maximum absolute atomic E-state index is 11.7. The summed E-state index contributed by atoms with van der Waals surface area (Å²) < 4.78 is 0. The van der Waals surface area contributed by atoms with E-state index >= 15 is 0 Å². The number of rotatable bonds is 5. The first kappa shape index (κ1) is 14.8. The Hall–Kier alpha value is -0.610. The minimum absolute atomic E-state index is 0.142. The van der Waals surface area contributed by atoms with Crippen LogP contribution in [0.15, 0.2) is 0 Å². The van der Waals surface area contributed by atoms with Crippen molar-refractivity contribution in [3.63, 3.8) is 0 Å². The van der Waals surface area contributed by atoms with Crippen LogP contribution in [0, 0.1) is 11.8 Å². The van der Waals surface area contributed by atoms with Gasteiger partial charge in [-0.3, -0.25) is 9.69 Å². The Kier molecular flexibility index (Phi) is 5.64. The fourth-order valence-electron chi connectivity index (χ4n) is 3.81. The lowest BCUT2D eigenvalue weighted by atomic mass is 9.75. The van der Waals surface area contributed by atoms with Crippen LogP contribution in [0.2, 0.25) is 0 Å². The summed E-state index contributed by atoms with van der Waals surface area (Å²) in [7, 11) is 0. The van der Waals surface area contributed by atoms with Gasteiger partial charge in [-0.15, -0.1) is 0 Å². The van der Waals surface area contributed by atoms with E-state index < -0.39 is 0 Å². The number of hydrogen-bond acceptors (Lipinski definition) is 3. The topological polar surface area (TPSA) is 58.4 Å². The lowest BCUT2D eigenvalue weighted by Crippen LogP contribution is -2.50. The second kappa shape index (κ2) is 7.25. The quantitative estimate of drug-likeness (QED) is 0.790. The van der Waals surface area contributed by atoms with Gasteiger partial charge >= 0.3 is 0 Å². The van der Waals surface area contributed by atoms with Crippen LogP contribution in [0.3, 0.4) is 0 Å². The van der Waals surface area contributed by atoms with Gasteiger partial charge in [-0.2, -0.15) is 0 Å². The number of carbonyl (C=O) groups excluding carboxylic acids is 1. The normalized spacial score (nSPS) is 29.6. The largest absolute Gasteiger partial charge is 0.356 e. The summed E-state index contributed by atoms with van der Waals surface area (Å²) in [5, 5.41) is 2.88. The molecule has 3 unspecified atom stereocenters. The monoisotopic (exact) mass is 267 g/mol. The summed E-state index contributed by atoms with van der Waals surface area (Å²) in [5.41, 5.74) is 5.89. The van der Waals surface area contributed by atoms with E-state index in [1.54, 1.807) is 0 Å². The first-order valence-electron chi connectivity index (χ1n) is 7.95. The SMILES string of the molecule is CCNC(=O)CC(CN)N1CCC2CCCCC2C1. The molecule has 0 spiro atoms. The number of likely N-dealkylation sites (tertiary alicyclic amines) is 1. The van der Waals surface area contributed by atoms with E-state index in [1.807, 2.05) is 6.92 Å². The van der Waals surface area contributed by atoms with Crippen molar-refractivity contribution in [3.8, 4) is 0 Å². The molecule has 0 radical (unpaired) electrons. The summed E-state index contributed by atoms with van der Waals surface area (Å²) >= 11 is 0. The van der Waals surface area contributed by atoms with E-state index in [4.69, 9.17) is 5.73 Å². The summed E-state index contributed by atoms with van der Waals surface area (Å²) in [6.45, 7) is 5.55. The van der Waals surface area contributed by atoms with Gasteiger partial charge < -0.3 is 11.1 Å². The summed E-state index contributed by atoms with van der Waals surface area (Å²) in [6.07, 6.45) is 7.46. The fraction of sp³-hybridized carbons (Fsp3) is 0.933. The molecule has 2 fully saturated rings. The van der Waals surface area contributed by atoms with Crippen molar-refractivity contribution in [1.82, 2.24) is 10.2 Å². The molecule has 3 atom stereocenters. The van der Waals surface area contributed by atoms with Crippen LogP contribution in [0.5, 0.6) is 0 Å². The molecule has 3 N–H and O–H groups in total. The number of amides is 1. The zero-order valence-corrected chi connectivity index (χ0v) is 12.2. The second-order valence-corrected chi connectivity index (χ2v) is 6.14. The zero-order chi connectivity index (χ0) is 13.7. The predicted octanol–water partition coefficient (Wildman–Crippen LogP) is 1.35. The predicted molar refractivity (Wildman–Crippen MR) is 77.8 cm³/mol. The van der Waals surface area contributed by atoms with Crippen LogP contribution in [0.25, 0.3) is 0 Å². The van der Waals surface area contributed by atoms with Crippen molar-refractivity contribution in [2.45, 2.75) is 51.5 Å². The number of hydrogen-bond donors (Lipinski definition) is 2. The van der Waals surface area contributed by atoms with E-state index in [0.29, 0.717) is 19.5 Å². The first-order valence-corrected chi connectivity index (χ1v) is 7.95. The van der Waals surface area contributed by atoms with Crippen molar-refractivity contribution in [1.29, 1.82) is 0 Å². The Morgan fingerprint density at radius 1 is 1.32 bits per heavy atom. The molecule has 110 valence electrons. The van der Waals surface area contributed by atoms with Crippen molar-refractivity contribution in [3.05, 3.63) is 0 Å². The maximum Gasteiger partial charge on any atom is 0.221 e. The molecular formula is C15H29N3O. The summed E-state index contributed by atoms with van der Waals surface area (Å²) in [6, 6.07) is 0.231. The van der Waals surface area contributed by atoms with Crippen LogP contribution < -0.4 is 11.1 Å². The van der Waals surface area contributed by atoms with Gasteiger partial charge in [0.1, 0.15) is 0 Å². The average molecular weight is 267 g/mol. The molecule has 0 aromatic rings. The first-order chi connectivity index (χ1) is 9.24. The number of carbonyl (C=O) groups is 1. The molecule has 0 aromatic carbocycles. The third-order valence-corrected chi connectivity index (χ3v) is 4.91. The molecule has 4 heteroatoms. The van der Waals surface area contributed by atoms with E-state index in [2.05, 4.69) is 10.2 Å². The van der Waals surface area contributed by atoms with Gasteiger partial charge in [0.05, 0.1) is 0 Å². The number of nitrogens with one attached hydrogen (secondary N) is 1. The standard InChI is InChI=1S/C15H29N3O/c1-2-17-15(19)9-14(10-16)18-8-7-12-5-3-4-6-13(12)11-18/h12-14H,2-11,16H2,1H3,(H,17,19). The Morgan fingerprint density at radius 3 is 2.74 bits per heavy atom. The maximum atomic E-state index is 11.7. The summed E-state index contributed by atoms with van der Waals surface area (Å²) in [4.78, 5) is 14.2. The third-order valence-electron chi connectivity index (χ3n) is 4.91. The summed E-state index contributed by atoms with van der Waals surface area (Å²) in [5.74, 6) is 1.93. The van der Waals surface area contributed by atoms with E-state index in [1.165, 1.54) is 32.1 Å². The molecule has 0 aromatic heterocycles. The molecule has 1 amide bonds. The lowest BCUT2D eigenvalue weighted by molar-refractivity contribution is -0.122. The van der Waals surface area contributed by atoms with Crippen molar-refractivity contribution in [2.75, 3.05) is 26.2 Å². The van der Waals surface area contributed by atoms with Gasteiger partial charge in [-0.1, -0.05) is 19.3 Å². The van der Waals surface area contributed by atoms with Crippen LogP contribution >= 0.6 is 0 Å². The fourth-order valence-corrected chi connectivity index (χ4v) is 3.81. The van der Waals surface area contributed by atoms with Crippen LogP contribution in [0.4, 0.5) is 0 Å². The molecule has 1 aliphatic carbocycles. The Morgan fingerprint density at radius 2 is 2.05 bits per heavy atom. The number of nitrogens with two attached hydrogens (primary N) is 1. The molecule has 1 saturated carbocycles. The molecule has 2 aliphatic rings. The highest BCUT2D eigenvalue weighted by atomic mass is 16.1. The van der Waals surface area contributed by atoms with E-state index in [0.717, 1.165) is 24.9 Å². The number of nitrogens with zero attached hydrogens (tertiary/aromatic N) is 1. The third kappa shape index (κ3) is 3.93.